The Hall–Kier alpha value is -0.610. The highest BCUT2D eigenvalue weighted by molar-refractivity contribution is 5.82. The molecule has 0 bridgehead atoms. The zero-order chi connectivity index (χ0) is 15.8. The topological polar surface area (TPSA) is 54.2 Å². The number of amides is 1. The fourth-order valence-electron chi connectivity index (χ4n) is 4.55. The molecule has 0 spiro atoms. The van der Waals surface area contributed by atoms with Crippen LogP contribution in [-0.2, 0) is 14.3 Å². The van der Waals surface area contributed by atoms with Gasteiger partial charge in [0.1, 0.15) is 0 Å². The van der Waals surface area contributed by atoms with Gasteiger partial charge in [-0.05, 0) is 57.8 Å². The van der Waals surface area contributed by atoms with Crippen molar-refractivity contribution in [2.24, 2.45) is 10.8 Å². The van der Waals surface area contributed by atoms with E-state index in [1.54, 1.807) is 0 Å². The lowest BCUT2D eigenvalue weighted by atomic mass is 9.70. The van der Waals surface area contributed by atoms with Crippen LogP contribution in [0.15, 0.2) is 0 Å². The number of epoxide rings is 2. The fourth-order valence-corrected chi connectivity index (χ4v) is 4.55. The van der Waals surface area contributed by atoms with E-state index in [-0.39, 0.29) is 27.9 Å². The molecule has 4 rings (SSSR count). The maximum Gasteiger partial charge on any atom is 0.226 e. The molecule has 2 saturated heterocycles. The largest absolute Gasteiger partial charge is 0.366 e. The molecule has 2 aliphatic carbocycles. The minimum Gasteiger partial charge on any atom is -0.366 e. The highest BCUT2D eigenvalue weighted by Crippen LogP contribution is 2.55. The minimum absolute atomic E-state index is 0.0723. The first-order valence-electron chi connectivity index (χ1n) is 8.81. The Kier molecular flexibility index (Phi) is 2.90. The van der Waals surface area contributed by atoms with Crippen LogP contribution in [0.4, 0.5) is 0 Å². The normalized spacial score (nSPS) is 55.8. The van der Waals surface area contributed by atoms with Gasteiger partial charge in [0.05, 0.1) is 23.4 Å². The third kappa shape index (κ3) is 2.30. The fraction of sp³-hybridized carbons (Fsp3) is 0.944. The van der Waals surface area contributed by atoms with E-state index in [1.165, 1.54) is 0 Å². The number of hydrogen-bond donors (Lipinski definition) is 1. The number of carbonyl (C=O) groups excluding carboxylic acids is 1. The summed E-state index contributed by atoms with van der Waals surface area (Å²) in [7, 11) is 0. The van der Waals surface area contributed by atoms with Crippen molar-refractivity contribution in [3.63, 3.8) is 0 Å². The SMILES string of the molecule is CC1(CNC(=O)C2(C)CCC3(C)OC3C2)CCC2(C)OC2C1. The van der Waals surface area contributed by atoms with E-state index >= 15 is 0 Å². The molecule has 0 radical (unpaired) electrons. The Morgan fingerprint density at radius 1 is 0.955 bits per heavy atom. The van der Waals surface area contributed by atoms with Gasteiger partial charge in [-0.3, -0.25) is 4.79 Å². The van der Waals surface area contributed by atoms with Gasteiger partial charge in [0.15, 0.2) is 0 Å². The van der Waals surface area contributed by atoms with Gasteiger partial charge in [-0.1, -0.05) is 13.8 Å². The molecule has 0 aromatic rings. The molecule has 6 unspecified atom stereocenters. The highest BCUT2D eigenvalue weighted by Gasteiger charge is 2.60. The van der Waals surface area contributed by atoms with Crippen LogP contribution in [0.1, 0.15) is 66.2 Å². The van der Waals surface area contributed by atoms with Crippen molar-refractivity contribution in [1.29, 1.82) is 0 Å². The Balaban J connectivity index is 1.33. The Labute approximate surface area is 133 Å². The molecule has 1 amide bonds. The predicted molar refractivity (Wildman–Crippen MR) is 83.5 cm³/mol. The van der Waals surface area contributed by atoms with Gasteiger partial charge < -0.3 is 14.8 Å². The van der Waals surface area contributed by atoms with Gasteiger partial charge in [0.2, 0.25) is 5.91 Å². The second-order valence-corrected chi connectivity index (χ2v) is 9.30. The zero-order valence-electron chi connectivity index (χ0n) is 14.3. The molecular formula is C18H29NO3. The summed E-state index contributed by atoms with van der Waals surface area (Å²) in [6.45, 7) is 9.56. The Bertz CT molecular complexity index is 522. The summed E-state index contributed by atoms with van der Waals surface area (Å²) in [5, 5.41) is 3.26. The van der Waals surface area contributed by atoms with Crippen LogP contribution in [0.2, 0.25) is 0 Å². The third-order valence-electron chi connectivity index (χ3n) is 7.01. The van der Waals surface area contributed by atoms with Crippen molar-refractivity contribution in [2.75, 3.05) is 6.54 Å². The van der Waals surface area contributed by atoms with Crippen LogP contribution >= 0.6 is 0 Å². The molecule has 4 heteroatoms. The van der Waals surface area contributed by atoms with Gasteiger partial charge in [-0.25, -0.2) is 0 Å². The number of rotatable bonds is 3. The van der Waals surface area contributed by atoms with Crippen molar-refractivity contribution < 1.29 is 14.3 Å². The van der Waals surface area contributed by atoms with E-state index in [0.717, 1.165) is 45.1 Å². The second-order valence-electron chi connectivity index (χ2n) is 9.30. The number of carbonyl (C=O) groups is 1. The van der Waals surface area contributed by atoms with Crippen LogP contribution in [0.25, 0.3) is 0 Å². The van der Waals surface area contributed by atoms with Crippen LogP contribution in [0.5, 0.6) is 0 Å². The van der Waals surface area contributed by atoms with Crippen molar-refractivity contribution in [3.8, 4) is 0 Å². The van der Waals surface area contributed by atoms with E-state index in [2.05, 4.69) is 33.0 Å². The Morgan fingerprint density at radius 2 is 1.55 bits per heavy atom. The molecule has 4 fully saturated rings. The maximum absolute atomic E-state index is 12.7. The molecule has 0 aromatic carbocycles. The van der Waals surface area contributed by atoms with Crippen molar-refractivity contribution in [2.45, 2.75) is 89.6 Å². The van der Waals surface area contributed by atoms with Gasteiger partial charge in [0, 0.05) is 12.0 Å². The van der Waals surface area contributed by atoms with Gasteiger partial charge >= 0.3 is 0 Å². The molecule has 124 valence electrons. The zero-order valence-corrected chi connectivity index (χ0v) is 14.3. The smallest absolute Gasteiger partial charge is 0.226 e. The monoisotopic (exact) mass is 307 g/mol. The first-order valence-corrected chi connectivity index (χ1v) is 8.81. The number of fused-ring (bicyclic) bond motifs is 2. The molecule has 0 aromatic heterocycles. The summed E-state index contributed by atoms with van der Waals surface area (Å²) >= 11 is 0. The average Bonchev–Trinajstić information content (AvgIpc) is 3.30. The maximum atomic E-state index is 12.7. The third-order valence-corrected chi connectivity index (χ3v) is 7.01. The summed E-state index contributed by atoms with van der Waals surface area (Å²) in [4.78, 5) is 12.7. The molecule has 22 heavy (non-hydrogen) atoms. The van der Waals surface area contributed by atoms with Gasteiger partial charge in [0.25, 0.3) is 0 Å². The summed E-state index contributed by atoms with van der Waals surface area (Å²) < 4.78 is 11.6. The summed E-state index contributed by atoms with van der Waals surface area (Å²) in [6.07, 6.45) is 6.85. The van der Waals surface area contributed by atoms with Gasteiger partial charge in [-0.15, -0.1) is 0 Å². The number of nitrogens with one attached hydrogen (secondary N) is 1. The molecule has 2 heterocycles. The molecule has 2 aliphatic heterocycles. The quantitative estimate of drug-likeness (QED) is 0.816. The summed E-state index contributed by atoms with van der Waals surface area (Å²) in [5.74, 6) is 0.219. The molecular weight excluding hydrogens is 278 g/mol. The number of hydrogen-bond acceptors (Lipinski definition) is 3. The van der Waals surface area contributed by atoms with Crippen molar-refractivity contribution in [1.82, 2.24) is 5.32 Å². The van der Waals surface area contributed by atoms with E-state index in [9.17, 15) is 4.79 Å². The van der Waals surface area contributed by atoms with Crippen LogP contribution in [0, 0.1) is 10.8 Å². The van der Waals surface area contributed by atoms with Crippen molar-refractivity contribution in [3.05, 3.63) is 0 Å². The molecule has 2 saturated carbocycles. The second kappa shape index (κ2) is 4.27. The standard InChI is InChI=1S/C18H29NO3/c1-15(5-7-17(3)12(9-15)21-17)11-19-14(20)16(2)6-8-18(4)13(10-16)22-18/h12-13H,5-11H2,1-4H3,(H,19,20). The lowest BCUT2D eigenvalue weighted by Gasteiger charge is -2.37. The summed E-state index contributed by atoms with van der Waals surface area (Å²) in [5.41, 5.74) is 0.151. The van der Waals surface area contributed by atoms with Crippen LogP contribution in [0.3, 0.4) is 0 Å². The number of ether oxygens (including phenoxy) is 2. The Morgan fingerprint density at radius 3 is 2.14 bits per heavy atom. The first kappa shape index (κ1) is 14.9. The molecule has 4 aliphatic rings. The lowest BCUT2D eigenvalue weighted by Crippen LogP contribution is -2.47. The summed E-state index contributed by atoms with van der Waals surface area (Å²) in [6, 6.07) is 0. The highest BCUT2D eigenvalue weighted by atomic mass is 16.6. The average molecular weight is 307 g/mol. The molecule has 1 N–H and O–H groups in total. The first-order chi connectivity index (χ1) is 10.2. The molecule has 4 nitrogen and oxygen atoms in total. The lowest BCUT2D eigenvalue weighted by molar-refractivity contribution is -0.132. The molecule has 6 atom stereocenters. The minimum atomic E-state index is -0.254. The van der Waals surface area contributed by atoms with E-state index < -0.39 is 0 Å². The van der Waals surface area contributed by atoms with E-state index in [4.69, 9.17) is 9.47 Å². The van der Waals surface area contributed by atoms with E-state index in [0.29, 0.717) is 12.2 Å². The predicted octanol–water partition coefficient (Wildman–Crippen LogP) is 2.80. The van der Waals surface area contributed by atoms with Crippen LogP contribution in [-0.4, -0.2) is 35.9 Å². The van der Waals surface area contributed by atoms with E-state index in [1.807, 2.05) is 0 Å². The van der Waals surface area contributed by atoms with Gasteiger partial charge in [-0.2, -0.15) is 0 Å². The van der Waals surface area contributed by atoms with Crippen LogP contribution < -0.4 is 5.32 Å². The van der Waals surface area contributed by atoms with Crippen molar-refractivity contribution >= 4 is 5.91 Å².